The molecule has 0 aliphatic carbocycles. The molecule has 3 N–H and O–H groups in total. The Kier molecular flexibility index (Phi) is 2.86. The fourth-order valence-corrected chi connectivity index (χ4v) is 1.15. The second kappa shape index (κ2) is 3.75. The van der Waals surface area contributed by atoms with E-state index >= 15 is 0 Å². The Morgan fingerprint density at radius 1 is 1.50 bits per heavy atom. The first kappa shape index (κ1) is 10.7. The molecule has 0 bridgehead atoms. The van der Waals surface area contributed by atoms with Gasteiger partial charge < -0.3 is 10.8 Å². The van der Waals surface area contributed by atoms with Gasteiger partial charge in [-0.25, -0.2) is 4.39 Å². The van der Waals surface area contributed by atoms with Crippen molar-refractivity contribution >= 4 is 0 Å². The minimum absolute atomic E-state index is 0.104. The topological polar surface area (TPSA) is 46.2 Å². The van der Waals surface area contributed by atoms with Crippen molar-refractivity contribution in [2.45, 2.75) is 13.0 Å². The smallest absolute Gasteiger partial charge is 0.200 e. The normalized spacial score (nSPS) is 12.6. The highest BCUT2D eigenvalue weighted by Crippen LogP contribution is 2.30. The van der Waals surface area contributed by atoms with Crippen LogP contribution in [0.4, 0.5) is 8.78 Å². The van der Waals surface area contributed by atoms with Crippen molar-refractivity contribution in [3.63, 3.8) is 0 Å². The molecule has 1 atom stereocenters. The SMILES string of the molecule is C=C[C@@H](N)c1cc(C)c(F)c(F)c1O. The minimum atomic E-state index is -1.27. The molecule has 0 saturated heterocycles. The average Bonchev–Trinajstić information content (AvgIpc) is 2.19. The van der Waals surface area contributed by atoms with E-state index in [-0.39, 0.29) is 11.1 Å². The molecule has 1 aromatic carbocycles. The van der Waals surface area contributed by atoms with Gasteiger partial charge in [-0.3, -0.25) is 0 Å². The molecule has 0 aliphatic rings. The number of rotatable bonds is 2. The van der Waals surface area contributed by atoms with Crippen molar-refractivity contribution in [2.75, 3.05) is 0 Å². The highest BCUT2D eigenvalue weighted by Gasteiger charge is 2.18. The fraction of sp³-hybridized carbons (Fsp3) is 0.200. The van der Waals surface area contributed by atoms with E-state index in [0.29, 0.717) is 0 Å². The van der Waals surface area contributed by atoms with Crippen molar-refractivity contribution in [3.05, 3.63) is 41.5 Å². The number of hydrogen-bond acceptors (Lipinski definition) is 2. The largest absolute Gasteiger partial charge is 0.505 e. The van der Waals surface area contributed by atoms with E-state index in [0.717, 1.165) is 0 Å². The van der Waals surface area contributed by atoms with Gasteiger partial charge in [0.1, 0.15) is 0 Å². The zero-order valence-electron chi connectivity index (χ0n) is 7.72. The van der Waals surface area contributed by atoms with Crippen molar-refractivity contribution in [1.29, 1.82) is 0 Å². The molecule has 0 fully saturated rings. The van der Waals surface area contributed by atoms with E-state index in [2.05, 4.69) is 6.58 Å². The van der Waals surface area contributed by atoms with Crippen molar-refractivity contribution in [2.24, 2.45) is 5.73 Å². The number of hydrogen-bond donors (Lipinski definition) is 2. The number of phenolic OH excluding ortho intramolecular Hbond substituents is 1. The third kappa shape index (κ3) is 1.61. The number of nitrogens with two attached hydrogens (primary N) is 1. The zero-order chi connectivity index (χ0) is 10.9. The van der Waals surface area contributed by atoms with Crippen LogP contribution in [0.1, 0.15) is 17.2 Å². The number of aromatic hydroxyl groups is 1. The van der Waals surface area contributed by atoms with E-state index in [1.165, 1.54) is 19.1 Å². The van der Waals surface area contributed by atoms with Crippen LogP contribution in [0, 0.1) is 18.6 Å². The summed E-state index contributed by atoms with van der Waals surface area (Å²) in [5, 5.41) is 9.26. The third-order valence-electron chi connectivity index (χ3n) is 2.01. The Hall–Kier alpha value is -1.42. The molecule has 0 spiro atoms. The molecule has 0 amide bonds. The van der Waals surface area contributed by atoms with E-state index < -0.39 is 23.4 Å². The molecule has 1 rings (SSSR count). The standard InChI is InChI=1S/C10H11F2NO/c1-3-7(13)6-4-5(2)8(11)9(12)10(6)14/h3-4,7,14H,1,13H2,2H3/t7-/m1/s1. The molecule has 76 valence electrons. The van der Waals surface area contributed by atoms with Gasteiger partial charge in [-0.2, -0.15) is 4.39 Å². The highest BCUT2D eigenvalue weighted by molar-refractivity contribution is 5.41. The molecule has 14 heavy (non-hydrogen) atoms. The quantitative estimate of drug-likeness (QED) is 0.717. The van der Waals surface area contributed by atoms with Crippen LogP contribution in [0.15, 0.2) is 18.7 Å². The first-order chi connectivity index (χ1) is 6.49. The predicted octanol–water partition coefficient (Wildman–Crippen LogP) is 2.16. The van der Waals surface area contributed by atoms with Crippen LogP contribution in [0.3, 0.4) is 0 Å². The molecule has 0 saturated carbocycles. The Balaban J connectivity index is 3.40. The summed E-state index contributed by atoms with van der Waals surface area (Å²) in [6, 6.07) is 0.601. The molecular formula is C10H11F2NO. The van der Waals surface area contributed by atoms with Crippen LogP contribution < -0.4 is 5.73 Å². The number of benzene rings is 1. The summed E-state index contributed by atoms with van der Waals surface area (Å²) >= 11 is 0. The molecular weight excluding hydrogens is 188 g/mol. The maximum absolute atomic E-state index is 13.0. The number of phenols is 1. The van der Waals surface area contributed by atoms with Crippen molar-refractivity contribution in [1.82, 2.24) is 0 Å². The Bertz CT molecular complexity index is 377. The van der Waals surface area contributed by atoms with Crippen LogP contribution in [-0.2, 0) is 0 Å². The molecule has 2 nitrogen and oxygen atoms in total. The van der Waals surface area contributed by atoms with Gasteiger partial charge in [0.25, 0.3) is 0 Å². The van der Waals surface area contributed by atoms with Gasteiger partial charge in [0.05, 0.1) is 6.04 Å². The molecule has 4 heteroatoms. The summed E-state index contributed by atoms with van der Waals surface area (Å²) in [6.07, 6.45) is 1.34. The molecule has 0 aromatic heterocycles. The molecule has 0 aliphatic heterocycles. The average molecular weight is 199 g/mol. The van der Waals surface area contributed by atoms with Crippen LogP contribution in [0.25, 0.3) is 0 Å². The van der Waals surface area contributed by atoms with E-state index in [1.807, 2.05) is 0 Å². The van der Waals surface area contributed by atoms with Gasteiger partial charge in [0.2, 0.25) is 5.82 Å². The van der Waals surface area contributed by atoms with E-state index in [1.54, 1.807) is 0 Å². The lowest BCUT2D eigenvalue weighted by Crippen LogP contribution is -2.08. The third-order valence-corrected chi connectivity index (χ3v) is 2.01. The van der Waals surface area contributed by atoms with E-state index in [9.17, 15) is 13.9 Å². The predicted molar refractivity (Wildman–Crippen MR) is 49.9 cm³/mol. The molecule has 0 heterocycles. The minimum Gasteiger partial charge on any atom is -0.505 e. The second-order valence-corrected chi connectivity index (χ2v) is 3.02. The van der Waals surface area contributed by atoms with Crippen LogP contribution >= 0.6 is 0 Å². The fourth-order valence-electron chi connectivity index (χ4n) is 1.15. The number of halogens is 2. The Morgan fingerprint density at radius 3 is 2.57 bits per heavy atom. The zero-order valence-corrected chi connectivity index (χ0v) is 7.72. The lowest BCUT2D eigenvalue weighted by molar-refractivity contribution is 0.398. The molecule has 0 unspecified atom stereocenters. The monoisotopic (exact) mass is 199 g/mol. The van der Waals surface area contributed by atoms with Crippen LogP contribution in [-0.4, -0.2) is 5.11 Å². The maximum atomic E-state index is 13.0. The Labute approximate surface area is 80.7 Å². The Morgan fingerprint density at radius 2 is 2.07 bits per heavy atom. The second-order valence-electron chi connectivity index (χ2n) is 3.02. The van der Waals surface area contributed by atoms with Gasteiger partial charge in [-0.05, 0) is 18.6 Å². The summed E-state index contributed by atoms with van der Waals surface area (Å²) in [5.74, 6) is -3.07. The van der Waals surface area contributed by atoms with Gasteiger partial charge in [-0.1, -0.05) is 6.08 Å². The van der Waals surface area contributed by atoms with Gasteiger partial charge >= 0.3 is 0 Å². The van der Waals surface area contributed by atoms with Crippen molar-refractivity contribution in [3.8, 4) is 5.75 Å². The van der Waals surface area contributed by atoms with Gasteiger partial charge in [0, 0.05) is 5.56 Å². The summed E-state index contributed by atoms with van der Waals surface area (Å²) in [4.78, 5) is 0. The maximum Gasteiger partial charge on any atom is 0.200 e. The lowest BCUT2D eigenvalue weighted by atomic mass is 10.0. The summed E-state index contributed by atoms with van der Waals surface area (Å²) in [6.45, 7) is 4.81. The first-order valence-electron chi connectivity index (χ1n) is 4.04. The van der Waals surface area contributed by atoms with Crippen molar-refractivity contribution < 1.29 is 13.9 Å². The number of aryl methyl sites for hydroxylation is 1. The van der Waals surface area contributed by atoms with Crippen LogP contribution in [0.2, 0.25) is 0 Å². The molecule has 0 radical (unpaired) electrons. The van der Waals surface area contributed by atoms with Gasteiger partial charge in [0.15, 0.2) is 11.6 Å². The summed E-state index contributed by atoms with van der Waals surface area (Å²) < 4.78 is 26.0. The summed E-state index contributed by atoms with van der Waals surface area (Å²) in [7, 11) is 0. The van der Waals surface area contributed by atoms with E-state index in [4.69, 9.17) is 5.73 Å². The van der Waals surface area contributed by atoms with Gasteiger partial charge in [-0.15, -0.1) is 6.58 Å². The lowest BCUT2D eigenvalue weighted by Gasteiger charge is -2.11. The highest BCUT2D eigenvalue weighted by atomic mass is 19.2. The van der Waals surface area contributed by atoms with Crippen LogP contribution in [0.5, 0.6) is 5.75 Å². The summed E-state index contributed by atoms with van der Waals surface area (Å²) in [5.41, 5.74) is 5.76. The first-order valence-corrected chi connectivity index (χ1v) is 4.04. The molecule has 1 aromatic rings.